The Morgan fingerprint density at radius 2 is 1.53 bits per heavy atom. The molecular formula is C13H21NO15S. The fraction of sp³-hybridized carbons (Fsp3) is 0.846. The van der Waals surface area contributed by atoms with Crippen molar-refractivity contribution in [1.29, 1.82) is 0 Å². The molecule has 0 radical (unpaired) electrons. The number of aliphatic hydroxyl groups is 5. The van der Waals surface area contributed by atoms with Crippen LogP contribution in [-0.2, 0) is 38.4 Å². The van der Waals surface area contributed by atoms with Gasteiger partial charge in [0.05, 0.1) is 0 Å². The van der Waals surface area contributed by atoms with Gasteiger partial charge < -0.3 is 50.2 Å². The van der Waals surface area contributed by atoms with E-state index >= 15 is 0 Å². The van der Waals surface area contributed by atoms with E-state index in [1.165, 1.54) is 0 Å². The Kier molecular flexibility index (Phi) is 7.69. The van der Waals surface area contributed by atoms with Gasteiger partial charge in [-0.15, -0.1) is 0 Å². The number of carboxylic acids is 1. The van der Waals surface area contributed by atoms with Crippen LogP contribution in [0, 0.1) is 0 Å². The van der Waals surface area contributed by atoms with Gasteiger partial charge in [-0.2, -0.15) is 8.42 Å². The summed E-state index contributed by atoms with van der Waals surface area (Å²) in [6.07, 6.45) is -18.7. The number of carboxylic acid groups (broad SMARTS) is 1. The maximum Gasteiger partial charge on any atom is 0.399 e. The molecule has 2 fully saturated rings. The highest BCUT2D eigenvalue weighted by Gasteiger charge is 2.53. The summed E-state index contributed by atoms with van der Waals surface area (Å²) in [5, 5.41) is 61.1. The molecule has 0 aliphatic carbocycles. The molecule has 1 amide bonds. The fourth-order valence-corrected chi connectivity index (χ4v) is 3.30. The number of ether oxygens (including phenoxy) is 3. The summed E-state index contributed by atoms with van der Waals surface area (Å²) < 4.78 is 49.5. The van der Waals surface area contributed by atoms with Gasteiger partial charge in [-0.25, -0.2) is 8.98 Å². The van der Waals surface area contributed by atoms with Crippen molar-refractivity contribution in [2.75, 3.05) is 0 Å². The van der Waals surface area contributed by atoms with Crippen molar-refractivity contribution >= 4 is 22.3 Å². The molecular weight excluding hydrogens is 442 g/mol. The molecule has 30 heavy (non-hydrogen) atoms. The molecule has 0 saturated carbocycles. The van der Waals surface area contributed by atoms with Crippen LogP contribution in [0.2, 0.25) is 0 Å². The molecule has 2 rings (SSSR count). The summed E-state index contributed by atoms with van der Waals surface area (Å²) in [5.41, 5.74) is 0. The van der Waals surface area contributed by atoms with Crippen LogP contribution in [-0.4, -0.2) is 117 Å². The van der Waals surface area contributed by atoms with Crippen molar-refractivity contribution in [3.05, 3.63) is 0 Å². The van der Waals surface area contributed by atoms with E-state index in [-0.39, 0.29) is 0 Å². The lowest BCUT2D eigenvalue weighted by molar-refractivity contribution is -0.350. The first-order chi connectivity index (χ1) is 13.7. The third-order valence-electron chi connectivity index (χ3n) is 4.24. The van der Waals surface area contributed by atoms with Gasteiger partial charge in [0.1, 0.15) is 36.6 Å². The van der Waals surface area contributed by atoms with E-state index in [1.807, 2.05) is 0 Å². The van der Waals surface area contributed by atoms with Crippen molar-refractivity contribution in [1.82, 2.24) is 5.32 Å². The second kappa shape index (κ2) is 9.32. The van der Waals surface area contributed by atoms with E-state index in [4.69, 9.17) is 23.9 Å². The summed E-state index contributed by atoms with van der Waals surface area (Å²) in [5.74, 6) is -2.51. The predicted molar refractivity (Wildman–Crippen MR) is 86.3 cm³/mol. The van der Waals surface area contributed by atoms with Crippen LogP contribution in [0.5, 0.6) is 0 Å². The summed E-state index contributed by atoms with van der Waals surface area (Å²) in [6.45, 7) is 1.00. The standard InChI is InChI=1S/C13H21NO15S/c1-2(15)14-3-8(7(19)13(28-11(3)22)29-30(23,24)25)26-12-6(18)4(16)5(17)9(27-12)10(20)21/h3-9,11-13,16-19,22H,1H3,(H,14,15)(H,20,21)(H,23,24,25)/t3-,4-,5+,6-,7-,8+,9+,11-,12-,13-/m1/s1. The molecule has 10 atom stereocenters. The molecule has 0 bridgehead atoms. The zero-order chi connectivity index (χ0) is 23.0. The van der Waals surface area contributed by atoms with Gasteiger partial charge >= 0.3 is 16.4 Å². The first kappa shape index (κ1) is 24.8. The molecule has 17 heteroatoms. The molecule has 0 aromatic heterocycles. The number of hydrogen-bond donors (Lipinski definition) is 8. The topological polar surface area (TPSA) is 259 Å². The van der Waals surface area contributed by atoms with Crippen molar-refractivity contribution in [2.45, 2.75) is 68.5 Å². The molecule has 174 valence electrons. The molecule has 16 nitrogen and oxygen atoms in total. The van der Waals surface area contributed by atoms with Gasteiger partial charge in [0.2, 0.25) is 12.2 Å². The highest BCUT2D eigenvalue weighted by atomic mass is 32.3. The first-order valence-electron chi connectivity index (χ1n) is 8.25. The van der Waals surface area contributed by atoms with Crippen molar-refractivity contribution in [3.8, 4) is 0 Å². The Hall–Kier alpha value is -1.51. The third kappa shape index (κ3) is 5.59. The number of aliphatic hydroxyl groups excluding tert-OH is 5. The first-order valence-corrected chi connectivity index (χ1v) is 9.61. The molecule has 2 aliphatic heterocycles. The molecule has 8 N–H and O–H groups in total. The van der Waals surface area contributed by atoms with Gasteiger partial charge in [-0.3, -0.25) is 9.35 Å². The largest absolute Gasteiger partial charge is 0.479 e. The fourth-order valence-electron chi connectivity index (χ4n) is 2.90. The van der Waals surface area contributed by atoms with E-state index in [1.54, 1.807) is 0 Å². The van der Waals surface area contributed by atoms with E-state index in [0.717, 1.165) is 6.92 Å². The quantitative estimate of drug-likeness (QED) is 0.171. The van der Waals surface area contributed by atoms with Crippen LogP contribution in [0.4, 0.5) is 0 Å². The Morgan fingerprint density at radius 3 is 2.03 bits per heavy atom. The van der Waals surface area contributed by atoms with Crippen LogP contribution in [0.25, 0.3) is 0 Å². The normalized spacial score (nSPS) is 42.5. The summed E-state index contributed by atoms with van der Waals surface area (Å²) in [6, 6.07) is -1.64. The number of carbonyl (C=O) groups excluding carboxylic acids is 1. The highest BCUT2D eigenvalue weighted by molar-refractivity contribution is 7.80. The van der Waals surface area contributed by atoms with Gasteiger partial charge in [0.25, 0.3) is 0 Å². The zero-order valence-electron chi connectivity index (χ0n) is 15.1. The minimum Gasteiger partial charge on any atom is -0.479 e. The molecule has 2 heterocycles. The van der Waals surface area contributed by atoms with Crippen molar-refractivity contribution < 1.29 is 71.6 Å². The average molecular weight is 463 g/mol. The molecule has 2 saturated heterocycles. The monoisotopic (exact) mass is 463 g/mol. The van der Waals surface area contributed by atoms with Crippen LogP contribution in [0.15, 0.2) is 0 Å². The second-order valence-electron chi connectivity index (χ2n) is 6.47. The van der Waals surface area contributed by atoms with E-state index in [2.05, 4.69) is 9.50 Å². The average Bonchev–Trinajstić information content (AvgIpc) is 2.60. The van der Waals surface area contributed by atoms with Crippen LogP contribution >= 0.6 is 0 Å². The highest BCUT2D eigenvalue weighted by Crippen LogP contribution is 2.29. The smallest absolute Gasteiger partial charge is 0.399 e. The van der Waals surface area contributed by atoms with Crippen LogP contribution in [0.3, 0.4) is 0 Å². The van der Waals surface area contributed by atoms with Crippen molar-refractivity contribution in [3.63, 3.8) is 0 Å². The summed E-state index contributed by atoms with van der Waals surface area (Å²) in [7, 11) is -5.19. The molecule has 0 spiro atoms. The Balaban J connectivity index is 2.31. The molecule has 0 aromatic rings. The van der Waals surface area contributed by atoms with E-state index in [9.17, 15) is 43.5 Å². The van der Waals surface area contributed by atoms with E-state index in [0.29, 0.717) is 0 Å². The van der Waals surface area contributed by atoms with E-state index < -0.39 is 83.8 Å². The van der Waals surface area contributed by atoms with Gasteiger partial charge in [-0.05, 0) is 0 Å². The second-order valence-corrected chi connectivity index (χ2v) is 7.52. The molecule has 2 aliphatic rings. The number of aliphatic carboxylic acids is 1. The lowest BCUT2D eigenvalue weighted by atomic mass is 9.97. The third-order valence-corrected chi connectivity index (χ3v) is 4.67. The number of hydrogen-bond acceptors (Lipinski definition) is 13. The number of carbonyl (C=O) groups is 2. The Bertz CT molecular complexity index is 745. The number of rotatable bonds is 6. The van der Waals surface area contributed by atoms with Crippen LogP contribution < -0.4 is 5.32 Å². The number of nitrogens with one attached hydrogen (secondary N) is 1. The number of amides is 1. The lowest BCUT2D eigenvalue weighted by Gasteiger charge is -2.45. The minimum absolute atomic E-state index is 0.776. The Morgan fingerprint density at radius 1 is 0.933 bits per heavy atom. The maximum absolute atomic E-state index is 11.4. The molecule has 0 aromatic carbocycles. The Labute approximate surface area is 168 Å². The summed E-state index contributed by atoms with van der Waals surface area (Å²) in [4.78, 5) is 22.6. The summed E-state index contributed by atoms with van der Waals surface area (Å²) >= 11 is 0. The van der Waals surface area contributed by atoms with Gasteiger partial charge in [0, 0.05) is 6.92 Å². The predicted octanol–water partition coefficient (Wildman–Crippen LogP) is -5.38. The zero-order valence-corrected chi connectivity index (χ0v) is 15.9. The maximum atomic E-state index is 11.4. The molecule has 0 unspecified atom stereocenters. The van der Waals surface area contributed by atoms with Gasteiger partial charge in [0.15, 0.2) is 18.7 Å². The van der Waals surface area contributed by atoms with Gasteiger partial charge in [-0.1, -0.05) is 0 Å². The SMILES string of the molecule is CC(=O)N[C@@H]1[C@H](O[C@@H]2O[C@H](C(=O)O)[C@@H](O)[C@@H](O)[C@H]2O)[C@@H](O)[C@@H](OS(=O)(=O)O)O[C@H]1O. The minimum atomic E-state index is -5.19. The van der Waals surface area contributed by atoms with Crippen LogP contribution in [0.1, 0.15) is 6.92 Å². The van der Waals surface area contributed by atoms with Crippen molar-refractivity contribution in [2.24, 2.45) is 0 Å². The lowest BCUT2D eigenvalue weighted by Crippen LogP contribution is -2.67.